The quantitative estimate of drug-likeness (QED) is 0.580. The highest BCUT2D eigenvalue weighted by Crippen LogP contribution is 2.10. The van der Waals surface area contributed by atoms with Gasteiger partial charge in [0.25, 0.3) is 0 Å². The van der Waals surface area contributed by atoms with Crippen molar-refractivity contribution < 1.29 is 9.90 Å². The van der Waals surface area contributed by atoms with Crippen molar-refractivity contribution in [2.45, 2.75) is 6.04 Å². The van der Waals surface area contributed by atoms with E-state index < -0.39 is 12.0 Å². The molecular formula is C6H6ClNO2. The lowest BCUT2D eigenvalue weighted by molar-refractivity contribution is -0.139. The molecule has 1 atom stereocenters. The summed E-state index contributed by atoms with van der Waals surface area (Å²) in [5.74, 6) is -0.949. The highest BCUT2D eigenvalue weighted by Gasteiger charge is 2.19. The maximum atomic E-state index is 10.4. The molecule has 1 N–H and O–H groups in total. The fraction of sp³-hybridized carbons (Fsp3) is 0.167. The van der Waals surface area contributed by atoms with Crippen molar-refractivity contribution in [2.75, 3.05) is 0 Å². The Balaban J connectivity index is 2.70. The van der Waals surface area contributed by atoms with Crippen LogP contribution in [0.5, 0.6) is 0 Å². The molecule has 0 aromatic heterocycles. The number of carbonyl (C=O) groups is 1. The molecule has 1 heterocycles. The minimum absolute atomic E-state index is 0.730. The second kappa shape index (κ2) is 2.75. The lowest BCUT2D eigenvalue weighted by atomic mass is 10.2. The van der Waals surface area contributed by atoms with Gasteiger partial charge in [-0.05, 0) is 12.2 Å². The summed E-state index contributed by atoms with van der Waals surface area (Å²) < 4.78 is 1.11. The van der Waals surface area contributed by atoms with E-state index >= 15 is 0 Å². The average molecular weight is 160 g/mol. The molecule has 4 heteroatoms. The van der Waals surface area contributed by atoms with Crippen LogP contribution in [-0.4, -0.2) is 21.5 Å². The molecule has 54 valence electrons. The summed E-state index contributed by atoms with van der Waals surface area (Å²) in [6.45, 7) is 0. The predicted molar refractivity (Wildman–Crippen MR) is 37.4 cm³/mol. The third kappa shape index (κ3) is 1.30. The fourth-order valence-corrected chi connectivity index (χ4v) is 0.878. The van der Waals surface area contributed by atoms with Crippen LogP contribution < -0.4 is 0 Å². The van der Waals surface area contributed by atoms with Crippen LogP contribution in [0.4, 0.5) is 0 Å². The van der Waals surface area contributed by atoms with Crippen LogP contribution in [0.1, 0.15) is 0 Å². The molecule has 1 rings (SSSR count). The van der Waals surface area contributed by atoms with Crippen LogP contribution >= 0.6 is 11.8 Å². The highest BCUT2D eigenvalue weighted by atomic mass is 35.5. The fourth-order valence-electron chi connectivity index (χ4n) is 0.664. The van der Waals surface area contributed by atoms with Crippen molar-refractivity contribution in [3.8, 4) is 0 Å². The van der Waals surface area contributed by atoms with Crippen LogP contribution in [0.15, 0.2) is 24.4 Å². The summed E-state index contributed by atoms with van der Waals surface area (Å²) in [6.07, 6.45) is 6.33. The van der Waals surface area contributed by atoms with E-state index in [1.165, 1.54) is 12.3 Å². The molecule has 1 aliphatic rings. The maximum Gasteiger partial charge on any atom is 0.331 e. The Morgan fingerprint density at radius 2 is 2.30 bits per heavy atom. The summed E-state index contributed by atoms with van der Waals surface area (Å²) in [5, 5.41) is 8.50. The Labute approximate surface area is 63.3 Å². The van der Waals surface area contributed by atoms with Crippen molar-refractivity contribution in [3.05, 3.63) is 24.4 Å². The van der Waals surface area contributed by atoms with Crippen molar-refractivity contribution in [1.29, 1.82) is 0 Å². The molecule has 1 unspecified atom stereocenters. The minimum Gasteiger partial charge on any atom is -0.479 e. The second-order valence-electron chi connectivity index (χ2n) is 1.85. The zero-order valence-electron chi connectivity index (χ0n) is 5.07. The molecule has 0 bridgehead atoms. The van der Waals surface area contributed by atoms with Gasteiger partial charge in [-0.15, -0.1) is 0 Å². The SMILES string of the molecule is O=C(O)C1C=CC=CN1Cl. The van der Waals surface area contributed by atoms with Gasteiger partial charge in [-0.1, -0.05) is 6.08 Å². The van der Waals surface area contributed by atoms with E-state index in [9.17, 15) is 4.79 Å². The Morgan fingerprint density at radius 3 is 2.70 bits per heavy atom. The Bertz CT molecular complexity index is 200. The average Bonchev–Trinajstić information content (AvgIpc) is 1.88. The smallest absolute Gasteiger partial charge is 0.331 e. The summed E-state index contributed by atoms with van der Waals surface area (Å²) in [7, 11) is 0. The van der Waals surface area contributed by atoms with E-state index in [4.69, 9.17) is 16.9 Å². The number of carboxylic acids is 1. The number of carboxylic acid groups (broad SMARTS) is 1. The van der Waals surface area contributed by atoms with Gasteiger partial charge in [-0.25, -0.2) is 4.79 Å². The molecule has 3 nitrogen and oxygen atoms in total. The van der Waals surface area contributed by atoms with E-state index in [0.29, 0.717) is 0 Å². The van der Waals surface area contributed by atoms with Gasteiger partial charge in [0.05, 0.1) is 0 Å². The molecule has 0 spiro atoms. The number of aliphatic carboxylic acids is 1. The first kappa shape index (κ1) is 7.15. The van der Waals surface area contributed by atoms with E-state index in [1.54, 1.807) is 12.2 Å². The topological polar surface area (TPSA) is 40.5 Å². The van der Waals surface area contributed by atoms with Crippen molar-refractivity contribution >= 4 is 17.7 Å². The molecule has 0 aromatic carbocycles. The summed E-state index contributed by atoms with van der Waals surface area (Å²) in [5.41, 5.74) is 0. The molecule has 0 radical (unpaired) electrons. The molecule has 0 aromatic rings. The molecule has 0 amide bonds. The lowest BCUT2D eigenvalue weighted by Gasteiger charge is -2.18. The third-order valence-electron chi connectivity index (χ3n) is 1.15. The van der Waals surface area contributed by atoms with Gasteiger partial charge in [0.1, 0.15) is 0 Å². The van der Waals surface area contributed by atoms with Crippen LogP contribution in [0, 0.1) is 0 Å². The molecule has 10 heavy (non-hydrogen) atoms. The Morgan fingerprint density at radius 1 is 1.60 bits per heavy atom. The normalized spacial score (nSPS) is 23.3. The standard InChI is InChI=1S/C6H6ClNO2/c7-8-4-2-1-3-5(8)6(9)10/h1-5H,(H,9,10). The molecule has 0 saturated heterocycles. The molecule has 0 fully saturated rings. The predicted octanol–water partition coefficient (Wildman–Crippen LogP) is 0.979. The summed E-state index contributed by atoms with van der Waals surface area (Å²) in [6, 6.07) is -0.730. The van der Waals surface area contributed by atoms with E-state index in [-0.39, 0.29) is 0 Å². The Hall–Kier alpha value is -0.960. The van der Waals surface area contributed by atoms with Crippen molar-refractivity contribution in [1.82, 2.24) is 4.42 Å². The lowest BCUT2D eigenvalue weighted by Crippen LogP contribution is -2.30. The summed E-state index contributed by atoms with van der Waals surface area (Å²) in [4.78, 5) is 10.4. The first-order valence-corrected chi connectivity index (χ1v) is 3.07. The van der Waals surface area contributed by atoms with E-state index in [0.717, 1.165) is 4.42 Å². The van der Waals surface area contributed by atoms with Gasteiger partial charge in [-0.2, -0.15) is 0 Å². The van der Waals surface area contributed by atoms with Gasteiger partial charge in [0, 0.05) is 18.0 Å². The third-order valence-corrected chi connectivity index (χ3v) is 1.47. The van der Waals surface area contributed by atoms with Gasteiger partial charge in [0.2, 0.25) is 0 Å². The second-order valence-corrected chi connectivity index (χ2v) is 2.24. The number of nitrogens with zero attached hydrogens (tertiary/aromatic N) is 1. The summed E-state index contributed by atoms with van der Waals surface area (Å²) >= 11 is 5.49. The van der Waals surface area contributed by atoms with Crippen LogP contribution in [-0.2, 0) is 4.79 Å². The molecular weight excluding hydrogens is 154 g/mol. The van der Waals surface area contributed by atoms with Gasteiger partial charge in [-0.3, -0.25) is 4.42 Å². The molecule has 1 aliphatic heterocycles. The van der Waals surface area contributed by atoms with Crippen LogP contribution in [0.2, 0.25) is 0 Å². The largest absolute Gasteiger partial charge is 0.479 e. The van der Waals surface area contributed by atoms with Crippen molar-refractivity contribution in [2.24, 2.45) is 0 Å². The van der Waals surface area contributed by atoms with Crippen LogP contribution in [0.25, 0.3) is 0 Å². The molecule has 0 saturated carbocycles. The zero-order chi connectivity index (χ0) is 7.56. The van der Waals surface area contributed by atoms with Gasteiger partial charge >= 0.3 is 5.97 Å². The van der Waals surface area contributed by atoms with E-state index in [2.05, 4.69) is 0 Å². The van der Waals surface area contributed by atoms with Gasteiger partial charge < -0.3 is 5.11 Å². The monoisotopic (exact) mass is 159 g/mol. The number of hydrogen-bond donors (Lipinski definition) is 1. The molecule has 0 aliphatic carbocycles. The van der Waals surface area contributed by atoms with E-state index in [1.807, 2.05) is 0 Å². The number of halogens is 1. The maximum absolute atomic E-state index is 10.4. The highest BCUT2D eigenvalue weighted by molar-refractivity contribution is 6.15. The number of rotatable bonds is 1. The first-order valence-electron chi connectivity index (χ1n) is 2.74. The van der Waals surface area contributed by atoms with Crippen molar-refractivity contribution in [3.63, 3.8) is 0 Å². The minimum atomic E-state index is -0.949. The van der Waals surface area contributed by atoms with Crippen LogP contribution in [0.3, 0.4) is 0 Å². The zero-order valence-corrected chi connectivity index (χ0v) is 5.82. The first-order chi connectivity index (χ1) is 4.72. The number of allylic oxidation sites excluding steroid dienone is 2. The van der Waals surface area contributed by atoms with Gasteiger partial charge in [0.15, 0.2) is 6.04 Å². The Kier molecular flexibility index (Phi) is 1.97. The number of hydrogen-bond acceptors (Lipinski definition) is 2.